The Hall–Kier alpha value is -3.57. The van der Waals surface area contributed by atoms with Crippen molar-refractivity contribution in [2.75, 3.05) is 14.2 Å². The Kier molecular flexibility index (Phi) is 6.47. The van der Waals surface area contributed by atoms with Crippen LogP contribution in [0.5, 0.6) is 23.0 Å². The molecule has 3 rings (SSSR count). The van der Waals surface area contributed by atoms with E-state index >= 15 is 0 Å². The summed E-state index contributed by atoms with van der Waals surface area (Å²) in [6, 6.07) is 7.11. The second-order valence-corrected chi connectivity index (χ2v) is 7.73. The van der Waals surface area contributed by atoms with Crippen molar-refractivity contribution in [2.45, 2.75) is 0 Å². The molecule has 0 saturated carbocycles. The fourth-order valence-corrected chi connectivity index (χ4v) is 3.90. The molecule has 9 nitrogen and oxygen atoms in total. The maximum atomic E-state index is 12.7. The molecular weight excluding hydrogens is 444 g/mol. The summed E-state index contributed by atoms with van der Waals surface area (Å²) >= 11 is 6.20. The number of methoxy groups -OCH3 is 2. The van der Waals surface area contributed by atoms with Crippen LogP contribution in [-0.4, -0.2) is 57.0 Å². The molecule has 0 radical (unpaired) electrons. The maximum absolute atomic E-state index is 12.7. The number of phenols is 2. The van der Waals surface area contributed by atoms with Crippen molar-refractivity contribution in [3.05, 3.63) is 51.9 Å². The highest BCUT2D eigenvalue weighted by atomic mass is 32.2. The number of carbonyl (C=O) groups is 2. The van der Waals surface area contributed by atoms with Crippen molar-refractivity contribution in [3.8, 4) is 23.0 Å². The Morgan fingerprint density at radius 3 is 2.52 bits per heavy atom. The van der Waals surface area contributed by atoms with Gasteiger partial charge in [-0.05, 0) is 48.1 Å². The smallest absolute Gasteiger partial charge is 0.340 e. The van der Waals surface area contributed by atoms with Gasteiger partial charge >= 0.3 is 5.97 Å². The van der Waals surface area contributed by atoms with Crippen LogP contribution in [0.2, 0.25) is 0 Å². The number of nitrogens with zero attached hydrogens (tertiary/aromatic N) is 2. The molecule has 1 aliphatic rings. The molecule has 1 amide bonds. The van der Waals surface area contributed by atoms with Crippen molar-refractivity contribution in [3.63, 3.8) is 0 Å². The first-order valence-corrected chi connectivity index (χ1v) is 9.81. The number of phenolic OH excluding ortho intramolecular Hbond substituents is 2. The summed E-state index contributed by atoms with van der Waals surface area (Å²) in [5, 5.41) is 33.6. The van der Waals surface area contributed by atoms with Gasteiger partial charge in [0.15, 0.2) is 27.3 Å². The van der Waals surface area contributed by atoms with Crippen LogP contribution in [0.3, 0.4) is 0 Å². The Balaban J connectivity index is 1.92. The molecule has 0 spiro atoms. The molecule has 1 saturated heterocycles. The third-order valence-corrected chi connectivity index (χ3v) is 5.46. The number of carboxylic acid groups (broad SMARTS) is 1. The number of amides is 1. The van der Waals surface area contributed by atoms with Crippen LogP contribution >= 0.6 is 24.0 Å². The Labute approximate surface area is 186 Å². The number of ether oxygens (including phenoxy) is 2. The van der Waals surface area contributed by atoms with E-state index < -0.39 is 11.9 Å². The summed E-state index contributed by atoms with van der Waals surface area (Å²) in [4.78, 5) is 24.7. The van der Waals surface area contributed by atoms with Crippen LogP contribution < -0.4 is 9.47 Å². The normalized spacial score (nSPS) is 15.2. The highest BCUT2D eigenvalue weighted by Gasteiger charge is 2.32. The van der Waals surface area contributed by atoms with E-state index in [1.165, 1.54) is 56.8 Å². The zero-order valence-electron chi connectivity index (χ0n) is 16.2. The number of aromatic carboxylic acids is 1. The number of aromatic hydroxyl groups is 2. The number of hydrogen-bond acceptors (Lipinski definition) is 9. The van der Waals surface area contributed by atoms with Crippen molar-refractivity contribution in [1.82, 2.24) is 5.01 Å². The summed E-state index contributed by atoms with van der Waals surface area (Å²) in [6.07, 6.45) is 2.69. The van der Waals surface area contributed by atoms with Crippen molar-refractivity contribution >= 4 is 52.5 Å². The maximum Gasteiger partial charge on any atom is 0.340 e. The molecule has 160 valence electrons. The lowest BCUT2D eigenvalue weighted by Gasteiger charge is -2.13. The van der Waals surface area contributed by atoms with Gasteiger partial charge in [-0.3, -0.25) is 4.79 Å². The van der Waals surface area contributed by atoms with Crippen molar-refractivity contribution in [1.29, 1.82) is 0 Å². The lowest BCUT2D eigenvalue weighted by Crippen LogP contribution is -2.22. The molecule has 3 N–H and O–H groups in total. The van der Waals surface area contributed by atoms with E-state index in [2.05, 4.69) is 5.10 Å². The summed E-state index contributed by atoms with van der Waals surface area (Å²) in [5.74, 6) is -2.11. The van der Waals surface area contributed by atoms with Gasteiger partial charge in [-0.15, -0.1) is 0 Å². The van der Waals surface area contributed by atoms with Gasteiger partial charge < -0.3 is 24.8 Å². The lowest BCUT2D eigenvalue weighted by molar-refractivity contribution is -0.122. The minimum Gasteiger partial charge on any atom is -0.504 e. The number of hydrogen-bond donors (Lipinski definition) is 3. The molecule has 1 heterocycles. The largest absolute Gasteiger partial charge is 0.504 e. The number of rotatable bonds is 6. The summed E-state index contributed by atoms with van der Waals surface area (Å²) in [7, 11) is 2.71. The van der Waals surface area contributed by atoms with Crippen LogP contribution in [0.15, 0.2) is 40.3 Å². The van der Waals surface area contributed by atoms with E-state index in [1.54, 1.807) is 0 Å². The summed E-state index contributed by atoms with van der Waals surface area (Å²) in [5.41, 5.74) is 0.491. The van der Waals surface area contributed by atoms with E-state index in [4.69, 9.17) is 21.7 Å². The van der Waals surface area contributed by atoms with Crippen LogP contribution in [0.4, 0.5) is 0 Å². The number of hydrazone groups is 1. The van der Waals surface area contributed by atoms with Gasteiger partial charge in [0.2, 0.25) is 0 Å². The predicted octanol–water partition coefficient (Wildman–Crippen LogP) is 3.05. The van der Waals surface area contributed by atoms with Gasteiger partial charge in [0.1, 0.15) is 5.56 Å². The molecule has 11 heteroatoms. The summed E-state index contributed by atoms with van der Waals surface area (Å²) in [6.45, 7) is 0. The number of carbonyl (C=O) groups excluding carboxylic acids is 1. The van der Waals surface area contributed by atoms with E-state index in [0.29, 0.717) is 5.56 Å². The molecule has 1 fully saturated rings. The van der Waals surface area contributed by atoms with Gasteiger partial charge in [-0.2, -0.15) is 10.1 Å². The minimum absolute atomic E-state index is 0.0244. The molecule has 2 aromatic rings. The van der Waals surface area contributed by atoms with E-state index in [1.807, 2.05) is 0 Å². The van der Waals surface area contributed by atoms with E-state index in [9.17, 15) is 24.9 Å². The molecule has 0 aromatic heterocycles. The SMILES string of the molecule is COc1ccc(/C=N/N2C(=O)/C(=C\c3ccc(O)c(O)c3)SC2=S)c(C(=O)O)c1OC. The Morgan fingerprint density at radius 2 is 1.90 bits per heavy atom. The second-order valence-electron chi connectivity index (χ2n) is 6.06. The fraction of sp³-hybridized carbons (Fsp3) is 0.100. The average Bonchev–Trinajstić information content (AvgIpc) is 3.00. The van der Waals surface area contributed by atoms with E-state index in [0.717, 1.165) is 16.8 Å². The summed E-state index contributed by atoms with van der Waals surface area (Å²) < 4.78 is 10.4. The zero-order valence-corrected chi connectivity index (χ0v) is 17.9. The highest BCUT2D eigenvalue weighted by molar-refractivity contribution is 8.26. The molecule has 0 bridgehead atoms. The van der Waals surface area contributed by atoms with Crippen LogP contribution in [0, 0.1) is 0 Å². The van der Waals surface area contributed by atoms with E-state index in [-0.39, 0.29) is 43.4 Å². The molecule has 31 heavy (non-hydrogen) atoms. The average molecular weight is 460 g/mol. The third kappa shape index (κ3) is 4.47. The van der Waals surface area contributed by atoms with Gasteiger partial charge in [0.05, 0.1) is 25.3 Å². The molecule has 2 aromatic carbocycles. The quantitative estimate of drug-likeness (QED) is 0.258. The first kappa shape index (κ1) is 22.1. The van der Waals surface area contributed by atoms with Crippen LogP contribution in [-0.2, 0) is 4.79 Å². The standard InChI is InChI=1S/C20H16N2O7S2/c1-28-14-6-4-11(16(19(26)27)17(14)29-2)9-21-22-18(25)15(31-20(22)30)8-10-3-5-12(23)13(24)7-10/h3-9,23-24H,1-2H3,(H,26,27)/b15-8+,21-9+. The minimum atomic E-state index is -1.25. The van der Waals surface area contributed by atoms with Crippen LogP contribution in [0.25, 0.3) is 6.08 Å². The van der Waals surface area contributed by atoms with Gasteiger partial charge in [0, 0.05) is 5.56 Å². The number of carboxylic acids is 1. The number of benzene rings is 2. The first-order chi connectivity index (χ1) is 14.8. The monoisotopic (exact) mass is 460 g/mol. The third-order valence-electron chi connectivity index (χ3n) is 4.17. The van der Waals surface area contributed by atoms with Gasteiger partial charge in [-0.1, -0.05) is 17.8 Å². The van der Waals surface area contributed by atoms with Crippen molar-refractivity contribution in [2.24, 2.45) is 5.10 Å². The number of thiocarbonyl (C=S) groups is 1. The molecule has 0 unspecified atom stereocenters. The molecule has 0 aliphatic carbocycles. The fourth-order valence-electron chi connectivity index (χ4n) is 2.73. The van der Waals surface area contributed by atoms with Crippen molar-refractivity contribution < 1.29 is 34.4 Å². The van der Waals surface area contributed by atoms with Gasteiger partial charge in [-0.25, -0.2) is 4.79 Å². The Bertz CT molecular complexity index is 1140. The lowest BCUT2D eigenvalue weighted by atomic mass is 10.1. The second kappa shape index (κ2) is 9.06. The Morgan fingerprint density at radius 1 is 1.16 bits per heavy atom. The zero-order chi connectivity index (χ0) is 22.7. The topological polar surface area (TPSA) is 129 Å². The first-order valence-electron chi connectivity index (χ1n) is 8.59. The molecule has 1 aliphatic heterocycles. The predicted molar refractivity (Wildman–Crippen MR) is 119 cm³/mol. The van der Waals surface area contributed by atoms with Gasteiger partial charge in [0.25, 0.3) is 5.91 Å². The molecule has 0 atom stereocenters. The number of thioether (sulfide) groups is 1. The molecular formula is C20H16N2O7S2. The highest BCUT2D eigenvalue weighted by Crippen LogP contribution is 2.35. The van der Waals surface area contributed by atoms with Crippen LogP contribution in [0.1, 0.15) is 21.5 Å².